The average molecular weight is 266 g/mol. The van der Waals surface area contributed by atoms with Gasteiger partial charge in [0.2, 0.25) is 5.91 Å². The molecule has 1 rings (SSSR count). The van der Waals surface area contributed by atoms with Gasteiger partial charge in [-0.2, -0.15) is 11.8 Å². The van der Waals surface area contributed by atoms with Gasteiger partial charge in [-0.25, -0.2) is 0 Å². The summed E-state index contributed by atoms with van der Waals surface area (Å²) in [5, 5.41) is 0. The standard InChI is InChI=1S/C14H22N2OS/c1-4-18-10-11(2)16(3)14(17)9-12-5-7-13(15)8-6-12/h5-8,11H,4,9-10,15H2,1-3H3/t11-/m0/s1. The number of rotatable bonds is 6. The molecule has 1 aromatic carbocycles. The molecule has 0 aliphatic carbocycles. The van der Waals surface area contributed by atoms with Crippen molar-refractivity contribution in [2.45, 2.75) is 26.3 Å². The van der Waals surface area contributed by atoms with Crippen LogP contribution in [-0.4, -0.2) is 35.4 Å². The van der Waals surface area contributed by atoms with Gasteiger partial charge in [0.1, 0.15) is 0 Å². The first kappa shape index (κ1) is 14.9. The Labute approximate surface area is 114 Å². The molecule has 100 valence electrons. The normalized spacial score (nSPS) is 12.2. The molecule has 0 bridgehead atoms. The third kappa shape index (κ3) is 4.61. The van der Waals surface area contributed by atoms with E-state index in [1.165, 1.54) is 0 Å². The number of thioether (sulfide) groups is 1. The fraction of sp³-hybridized carbons (Fsp3) is 0.500. The van der Waals surface area contributed by atoms with Crippen LogP contribution in [0.3, 0.4) is 0 Å². The van der Waals surface area contributed by atoms with Crippen LogP contribution in [0.4, 0.5) is 5.69 Å². The van der Waals surface area contributed by atoms with Crippen molar-refractivity contribution in [2.24, 2.45) is 0 Å². The average Bonchev–Trinajstić information content (AvgIpc) is 2.37. The maximum atomic E-state index is 12.1. The highest BCUT2D eigenvalue weighted by Gasteiger charge is 2.15. The Morgan fingerprint density at radius 1 is 1.39 bits per heavy atom. The number of likely N-dealkylation sites (N-methyl/N-ethyl adjacent to an activating group) is 1. The molecule has 1 amide bonds. The van der Waals surface area contributed by atoms with Crippen molar-refractivity contribution in [1.29, 1.82) is 0 Å². The van der Waals surface area contributed by atoms with E-state index < -0.39 is 0 Å². The third-order valence-corrected chi connectivity index (χ3v) is 4.08. The first-order valence-corrected chi connectivity index (χ1v) is 7.38. The molecule has 0 fully saturated rings. The van der Waals surface area contributed by atoms with Crippen LogP contribution >= 0.6 is 11.8 Å². The van der Waals surface area contributed by atoms with E-state index in [-0.39, 0.29) is 11.9 Å². The van der Waals surface area contributed by atoms with Crippen LogP contribution in [0.25, 0.3) is 0 Å². The van der Waals surface area contributed by atoms with Crippen LogP contribution in [0.15, 0.2) is 24.3 Å². The highest BCUT2D eigenvalue weighted by atomic mass is 32.2. The van der Waals surface area contributed by atoms with Crippen molar-refractivity contribution in [3.8, 4) is 0 Å². The third-order valence-electron chi connectivity index (χ3n) is 2.95. The molecule has 1 atom stereocenters. The van der Waals surface area contributed by atoms with E-state index in [0.717, 1.165) is 22.8 Å². The van der Waals surface area contributed by atoms with Crippen LogP contribution in [0.2, 0.25) is 0 Å². The van der Waals surface area contributed by atoms with Crippen LogP contribution in [0.5, 0.6) is 0 Å². The van der Waals surface area contributed by atoms with Crippen molar-refractivity contribution in [1.82, 2.24) is 4.90 Å². The Morgan fingerprint density at radius 2 is 2.00 bits per heavy atom. The van der Waals surface area contributed by atoms with Crippen LogP contribution < -0.4 is 5.73 Å². The highest BCUT2D eigenvalue weighted by molar-refractivity contribution is 7.99. The molecule has 0 spiro atoms. The lowest BCUT2D eigenvalue weighted by Crippen LogP contribution is -2.37. The summed E-state index contributed by atoms with van der Waals surface area (Å²) in [6.07, 6.45) is 0.442. The molecule has 0 heterocycles. The number of hydrogen-bond acceptors (Lipinski definition) is 3. The minimum atomic E-state index is 0.156. The van der Waals surface area contributed by atoms with E-state index in [4.69, 9.17) is 5.73 Å². The van der Waals surface area contributed by atoms with E-state index in [1.54, 1.807) is 0 Å². The minimum absolute atomic E-state index is 0.156. The van der Waals surface area contributed by atoms with Crippen LogP contribution in [0, 0.1) is 0 Å². The largest absolute Gasteiger partial charge is 0.399 e. The smallest absolute Gasteiger partial charge is 0.226 e. The van der Waals surface area contributed by atoms with Crippen molar-refractivity contribution in [2.75, 3.05) is 24.3 Å². The van der Waals surface area contributed by atoms with E-state index in [9.17, 15) is 4.79 Å². The Kier molecular flexibility index (Phi) is 6.05. The van der Waals surface area contributed by atoms with Crippen molar-refractivity contribution in [3.63, 3.8) is 0 Å². The monoisotopic (exact) mass is 266 g/mol. The van der Waals surface area contributed by atoms with E-state index in [0.29, 0.717) is 6.42 Å². The second-order valence-corrected chi connectivity index (χ2v) is 5.75. The zero-order chi connectivity index (χ0) is 13.5. The van der Waals surface area contributed by atoms with Gasteiger partial charge in [0.05, 0.1) is 6.42 Å². The second-order valence-electron chi connectivity index (χ2n) is 4.43. The lowest BCUT2D eigenvalue weighted by molar-refractivity contribution is -0.130. The van der Waals surface area contributed by atoms with Gasteiger partial charge in [-0.15, -0.1) is 0 Å². The molecule has 18 heavy (non-hydrogen) atoms. The number of anilines is 1. The number of hydrogen-bond donors (Lipinski definition) is 1. The first-order chi connectivity index (χ1) is 8.54. The molecule has 1 aromatic rings. The molecular weight excluding hydrogens is 244 g/mol. The Hall–Kier alpha value is -1.16. The number of nitrogens with two attached hydrogens (primary N) is 1. The number of benzene rings is 1. The zero-order valence-corrected chi connectivity index (χ0v) is 12.2. The molecular formula is C14H22N2OS. The number of nitrogen functional groups attached to an aromatic ring is 1. The molecule has 0 saturated carbocycles. The highest BCUT2D eigenvalue weighted by Crippen LogP contribution is 2.11. The molecule has 0 radical (unpaired) electrons. The minimum Gasteiger partial charge on any atom is -0.399 e. The summed E-state index contributed by atoms with van der Waals surface area (Å²) in [6, 6.07) is 7.76. The summed E-state index contributed by atoms with van der Waals surface area (Å²) in [6.45, 7) is 4.22. The summed E-state index contributed by atoms with van der Waals surface area (Å²) in [7, 11) is 1.88. The Balaban J connectivity index is 2.51. The topological polar surface area (TPSA) is 46.3 Å². The van der Waals surface area contributed by atoms with Crippen molar-refractivity contribution >= 4 is 23.4 Å². The van der Waals surface area contributed by atoms with E-state index >= 15 is 0 Å². The summed E-state index contributed by atoms with van der Waals surface area (Å²) in [5.74, 6) is 2.23. The number of carbonyl (C=O) groups is 1. The number of nitrogens with zero attached hydrogens (tertiary/aromatic N) is 1. The van der Waals surface area contributed by atoms with Crippen molar-refractivity contribution < 1.29 is 4.79 Å². The van der Waals surface area contributed by atoms with Crippen molar-refractivity contribution in [3.05, 3.63) is 29.8 Å². The fourth-order valence-corrected chi connectivity index (χ4v) is 2.38. The number of amides is 1. The van der Waals surface area contributed by atoms with Gasteiger partial charge in [0, 0.05) is 24.5 Å². The zero-order valence-electron chi connectivity index (χ0n) is 11.3. The van der Waals surface area contributed by atoms with E-state index in [1.807, 2.05) is 48.0 Å². The van der Waals surface area contributed by atoms with Gasteiger partial charge in [-0.3, -0.25) is 4.79 Å². The summed E-state index contributed by atoms with van der Waals surface area (Å²) in [5.41, 5.74) is 7.36. The van der Waals surface area contributed by atoms with Gasteiger partial charge < -0.3 is 10.6 Å². The second kappa shape index (κ2) is 7.31. The summed E-state index contributed by atoms with van der Waals surface area (Å²) < 4.78 is 0. The summed E-state index contributed by atoms with van der Waals surface area (Å²) >= 11 is 1.86. The van der Waals surface area contributed by atoms with E-state index in [2.05, 4.69) is 13.8 Å². The quantitative estimate of drug-likeness (QED) is 0.804. The van der Waals surface area contributed by atoms with Gasteiger partial charge >= 0.3 is 0 Å². The van der Waals surface area contributed by atoms with Crippen LogP contribution in [0.1, 0.15) is 19.4 Å². The maximum Gasteiger partial charge on any atom is 0.226 e. The van der Waals surface area contributed by atoms with Gasteiger partial charge in [0.25, 0.3) is 0 Å². The predicted octanol–water partition coefficient (Wildman–Crippen LogP) is 2.41. The molecule has 2 N–H and O–H groups in total. The molecule has 4 heteroatoms. The number of carbonyl (C=O) groups excluding carboxylic acids is 1. The molecule has 0 saturated heterocycles. The SMILES string of the molecule is CCSC[C@H](C)N(C)C(=O)Cc1ccc(N)cc1. The van der Waals surface area contributed by atoms with Gasteiger partial charge in [0.15, 0.2) is 0 Å². The lowest BCUT2D eigenvalue weighted by atomic mass is 10.1. The lowest BCUT2D eigenvalue weighted by Gasteiger charge is -2.24. The van der Waals surface area contributed by atoms with Gasteiger partial charge in [-0.05, 0) is 30.4 Å². The first-order valence-electron chi connectivity index (χ1n) is 6.22. The molecule has 0 aromatic heterocycles. The Bertz CT molecular complexity index is 378. The predicted molar refractivity (Wildman–Crippen MR) is 79.8 cm³/mol. The Morgan fingerprint density at radius 3 is 2.56 bits per heavy atom. The fourth-order valence-electron chi connectivity index (χ4n) is 1.58. The van der Waals surface area contributed by atoms with Crippen LogP contribution in [-0.2, 0) is 11.2 Å². The molecule has 0 aliphatic heterocycles. The molecule has 0 unspecified atom stereocenters. The maximum absolute atomic E-state index is 12.1. The molecule has 3 nitrogen and oxygen atoms in total. The van der Waals surface area contributed by atoms with Gasteiger partial charge in [-0.1, -0.05) is 19.1 Å². The summed E-state index contributed by atoms with van der Waals surface area (Å²) in [4.78, 5) is 13.9. The molecule has 0 aliphatic rings.